The quantitative estimate of drug-likeness (QED) is 0.862. The van der Waals surface area contributed by atoms with E-state index in [0.717, 1.165) is 32.1 Å². The van der Waals surface area contributed by atoms with Crippen LogP contribution in [0.3, 0.4) is 0 Å². The van der Waals surface area contributed by atoms with Crippen LogP contribution < -0.4 is 5.73 Å². The Morgan fingerprint density at radius 3 is 2.00 bits per heavy atom. The van der Waals surface area contributed by atoms with Crippen LogP contribution in [0.1, 0.15) is 66.7 Å². The van der Waals surface area contributed by atoms with Crippen molar-refractivity contribution in [1.82, 2.24) is 4.90 Å². The van der Waals surface area contributed by atoms with Gasteiger partial charge in [-0.05, 0) is 72.6 Å². The monoisotopic (exact) mass is 284 g/mol. The van der Waals surface area contributed by atoms with Crippen molar-refractivity contribution in [3.8, 4) is 0 Å². The topological polar surface area (TPSA) is 55.6 Å². The predicted octanol–water partition coefficient (Wildman–Crippen LogP) is 3.54. The second-order valence-corrected chi connectivity index (χ2v) is 7.88. The second kappa shape index (κ2) is 6.33. The molecule has 0 spiro atoms. The fourth-order valence-electron chi connectivity index (χ4n) is 3.42. The Bertz CT molecular complexity index is 320. The van der Waals surface area contributed by atoms with Gasteiger partial charge in [0.25, 0.3) is 0 Å². The standard InChI is InChI=1S/C16H32N2O2/c1-15(2,3)18(14(19)20-6)13-9-7-12(8-10-13)11-16(4,5)17/h12-13H,7-11,17H2,1-6H3. The minimum atomic E-state index is -0.208. The summed E-state index contributed by atoms with van der Waals surface area (Å²) in [7, 11) is 1.46. The highest BCUT2D eigenvalue weighted by Crippen LogP contribution is 2.34. The summed E-state index contributed by atoms with van der Waals surface area (Å²) < 4.78 is 4.97. The fourth-order valence-corrected chi connectivity index (χ4v) is 3.42. The Labute approximate surface area is 124 Å². The van der Waals surface area contributed by atoms with Gasteiger partial charge in [-0.1, -0.05) is 0 Å². The molecular weight excluding hydrogens is 252 g/mol. The number of hydrogen-bond donors (Lipinski definition) is 1. The van der Waals surface area contributed by atoms with E-state index in [1.54, 1.807) is 0 Å². The van der Waals surface area contributed by atoms with Crippen LogP contribution in [0.15, 0.2) is 0 Å². The van der Waals surface area contributed by atoms with E-state index in [9.17, 15) is 4.79 Å². The highest BCUT2D eigenvalue weighted by molar-refractivity contribution is 5.68. The summed E-state index contributed by atoms with van der Waals surface area (Å²) in [6.07, 6.45) is 5.25. The van der Waals surface area contributed by atoms with E-state index in [2.05, 4.69) is 34.6 Å². The first kappa shape index (κ1) is 17.3. The summed E-state index contributed by atoms with van der Waals surface area (Å²) in [4.78, 5) is 14.0. The maximum absolute atomic E-state index is 12.1. The molecule has 118 valence electrons. The van der Waals surface area contributed by atoms with E-state index in [0.29, 0.717) is 12.0 Å². The lowest BCUT2D eigenvalue weighted by Crippen LogP contribution is -2.52. The molecule has 0 aliphatic heterocycles. The molecule has 2 N–H and O–H groups in total. The lowest BCUT2D eigenvalue weighted by Gasteiger charge is -2.44. The molecular formula is C16H32N2O2. The molecule has 0 saturated heterocycles. The Hall–Kier alpha value is -0.770. The molecule has 1 fully saturated rings. The number of amides is 1. The third-order valence-corrected chi connectivity index (χ3v) is 4.09. The highest BCUT2D eigenvalue weighted by atomic mass is 16.5. The minimum absolute atomic E-state index is 0.0937. The molecule has 1 aliphatic rings. The van der Waals surface area contributed by atoms with Gasteiger partial charge >= 0.3 is 6.09 Å². The van der Waals surface area contributed by atoms with E-state index in [4.69, 9.17) is 10.5 Å². The SMILES string of the molecule is COC(=O)N(C1CCC(CC(C)(C)N)CC1)C(C)(C)C. The molecule has 0 heterocycles. The lowest BCUT2D eigenvalue weighted by molar-refractivity contribution is 0.0377. The van der Waals surface area contributed by atoms with Crippen molar-refractivity contribution in [3.63, 3.8) is 0 Å². The molecule has 0 aromatic rings. The van der Waals surface area contributed by atoms with Crippen molar-refractivity contribution in [2.24, 2.45) is 11.7 Å². The maximum Gasteiger partial charge on any atom is 0.410 e. The highest BCUT2D eigenvalue weighted by Gasteiger charge is 2.36. The van der Waals surface area contributed by atoms with Gasteiger partial charge in [0, 0.05) is 17.1 Å². The van der Waals surface area contributed by atoms with Crippen LogP contribution in [0, 0.1) is 5.92 Å². The number of hydrogen-bond acceptors (Lipinski definition) is 3. The van der Waals surface area contributed by atoms with Gasteiger partial charge in [0.15, 0.2) is 0 Å². The van der Waals surface area contributed by atoms with Crippen LogP contribution in [0.2, 0.25) is 0 Å². The molecule has 0 aromatic carbocycles. The fraction of sp³-hybridized carbons (Fsp3) is 0.938. The molecule has 20 heavy (non-hydrogen) atoms. The Morgan fingerprint density at radius 2 is 1.65 bits per heavy atom. The van der Waals surface area contributed by atoms with Crippen molar-refractivity contribution in [1.29, 1.82) is 0 Å². The number of carbonyl (C=O) groups excluding carboxylic acids is 1. The Balaban J connectivity index is 2.64. The van der Waals surface area contributed by atoms with Gasteiger partial charge in [0.2, 0.25) is 0 Å². The van der Waals surface area contributed by atoms with E-state index in [-0.39, 0.29) is 17.2 Å². The summed E-state index contributed by atoms with van der Waals surface area (Å²) in [5.41, 5.74) is 5.82. The molecule has 1 aliphatic carbocycles. The molecule has 0 radical (unpaired) electrons. The van der Waals surface area contributed by atoms with Gasteiger partial charge in [0.1, 0.15) is 0 Å². The van der Waals surface area contributed by atoms with Crippen LogP contribution in [-0.2, 0) is 4.74 Å². The number of nitrogens with two attached hydrogens (primary N) is 1. The van der Waals surface area contributed by atoms with Crippen LogP contribution in [-0.4, -0.2) is 35.2 Å². The molecule has 1 amide bonds. The van der Waals surface area contributed by atoms with Gasteiger partial charge in [-0.15, -0.1) is 0 Å². The molecule has 1 rings (SSSR count). The first-order chi connectivity index (χ1) is 9.04. The van der Waals surface area contributed by atoms with E-state index >= 15 is 0 Å². The Kier molecular flexibility index (Phi) is 5.47. The Morgan fingerprint density at radius 1 is 1.15 bits per heavy atom. The predicted molar refractivity (Wildman–Crippen MR) is 82.6 cm³/mol. The zero-order chi connectivity index (χ0) is 15.6. The van der Waals surface area contributed by atoms with Gasteiger partial charge in [-0.3, -0.25) is 0 Å². The van der Waals surface area contributed by atoms with E-state index < -0.39 is 0 Å². The lowest BCUT2D eigenvalue weighted by atomic mass is 9.78. The molecule has 0 aromatic heterocycles. The average Bonchev–Trinajstić information content (AvgIpc) is 2.27. The second-order valence-electron chi connectivity index (χ2n) is 7.88. The smallest absolute Gasteiger partial charge is 0.410 e. The number of nitrogens with zero attached hydrogens (tertiary/aromatic N) is 1. The molecule has 4 nitrogen and oxygen atoms in total. The number of carbonyl (C=O) groups is 1. The molecule has 0 atom stereocenters. The van der Waals surface area contributed by atoms with Gasteiger partial charge < -0.3 is 15.4 Å². The zero-order valence-corrected chi connectivity index (χ0v) is 14.0. The third kappa shape index (κ3) is 4.97. The van der Waals surface area contributed by atoms with Crippen LogP contribution in [0.5, 0.6) is 0 Å². The molecule has 0 bridgehead atoms. The minimum Gasteiger partial charge on any atom is -0.453 e. The van der Waals surface area contributed by atoms with Crippen molar-refractivity contribution >= 4 is 6.09 Å². The maximum atomic E-state index is 12.1. The first-order valence-corrected chi connectivity index (χ1v) is 7.71. The van der Waals surface area contributed by atoms with Crippen molar-refractivity contribution in [2.75, 3.05) is 7.11 Å². The largest absolute Gasteiger partial charge is 0.453 e. The van der Waals surface area contributed by atoms with E-state index in [1.165, 1.54) is 7.11 Å². The summed E-state index contributed by atoms with van der Waals surface area (Å²) in [5, 5.41) is 0. The van der Waals surface area contributed by atoms with Crippen molar-refractivity contribution in [3.05, 3.63) is 0 Å². The zero-order valence-electron chi connectivity index (χ0n) is 14.0. The van der Waals surface area contributed by atoms with Gasteiger partial charge in [0.05, 0.1) is 7.11 Å². The normalized spacial score (nSPS) is 24.4. The first-order valence-electron chi connectivity index (χ1n) is 7.71. The number of methoxy groups -OCH3 is 1. The van der Waals surface area contributed by atoms with Crippen molar-refractivity contribution in [2.45, 2.75) is 83.8 Å². The van der Waals surface area contributed by atoms with Crippen LogP contribution in [0.25, 0.3) is 0 Å². The summed E-state index contributed by atoms with van der Waals surface area (Å²) in [6, 6.07) is 0.291. The average molecular weight is 284 g/mol. The summed E-state index contributed by atoms with van der Waals surface area (Å²) in [5.74, 6) is 0.686. The number of ether oxygens (including phenoxy) is 1. The summed E-state index contributed by atoms with van der Waals surface area (Å²) in [6.45, 7) is 10.4. The van der Waals surface area contributed by atoms with Crippen LogP contribution in [0.4, 0.5) is 4.79 Å². The molecule has 1 saturated carbocycles. The van der Waals surface area contributed by atoms with Crippen LogP contribution >= 0.6 is 0 Å². The number of rotatable bonds is 3. The molecule has 4 heteroatoms. The van der Waals surface area contributed by atoms with Gasteiger partial charge in [-0.25, -0.2) is 4.79 Å². The third-order valence-electron chi connectivity index (χ3n) is 4.09. The van der Waals surface area contributed by atoms with E-state index in [1.807, 2.05) is 4.90 Å². The molecule has 0 unspecified atom stereocenters. The van der Waals surface area contributed by atoms with Gasteiger partial charge in [-0.2, -0.15) is 0 Å². The summed E-state index contributed by atoms with van der Waals surface area (Å²) >= 11 is 0. The van der Waals surface area contributed by atoms with Crippen molar-refractivity contribution < 1.29 is 9.53 Å².